The normalized spacial score (nSPS) is 10.2. The highest BCUT2D eigenvalue weighted by atomic mass is 32.1. The second-order valence-electron chi connectivity index (χ2n) is 2.83. The van der Waals surface area contributed by atoms with Gasteiger partial charge in [0.2, 0.25) is 0 Å². The molecule has 1 N–H and O–H groups in total. The zero-order chi connectivity index (χ0) is 10.8. The molecule has 0 saturated heterocycles. The van der Waals surface area contributed by atoms with Gasteiger partial charge in [-0.05, 0) is 12.1 Å². The minimum absolute atomic E-state index is 0.270. The summed E-state index contributed by atoms with van der Waals surface area (Å²) in [6.07, 6.45) is 3.17. The molecular weight excluding hydrogens is 217 g/mol. The molecule has 2 aromatic rings. The van der Waals surface area contributed by atoms with Crippen LogP contribution in [0.15, 0.2) is 30.6 Å². The van der Waals surface area contributed by atoms with Crippen molar-refractivity contribution in [2.75, 3.05) is 0 Å². The summed E-state index contributed by atoms with van der Waals surface area (Å²) in [5.41, 5.74) is 0.717. The molecule has 76 valence electrons. The predicted molar refractivity (Wildman–Crippen MR) is 54.5 cm³/mol. The fourth-order valence-electron chi connectivity index (χ4n) is 1.17. The Bertz CT molecular complexity index is 495. The fourth-order valence-corrected chi connectivity index (χ4v) is 2.03. The van der Waals surface area contributed by atoms with Crippen LogP contribution in [0.2, 0.25) is 0 Å². The number of hydrogen-bond acceptors (Lipinski definition) is 3. The Labute approximate surface area is 88.8 Å². The van der Waals surface area contributed by atoms with E-state index >= 15 is 0 Å². The molecule has 0 radical (unpaired) electrons. The van der Waals surface area contributed by atoms with Gasteiger partial charge in [0.15, 0.2) is 0 Å². The van der Waals surface area contributed by atoms with Crippen molar-refractivity contribution in [1.29, 1.82) is 0 Å². The van der Waals surface area contributed by atoms with Crippen LogP contribution in [0, 0.1) is 5.82 Å². The lowest BCUT2D eigenvalue weighted by Crippen LogP contribution is -1.93. The van der Waals surface area contributed by atoms with E-state index in [0.717, 1.165) is 11.3 Å². The quantitative estimate of drug-likeness (QED) is 0.851. The number of pyridine rings is 1. The van der Waals surface area contributed by atoms with Gasteiger partial charge in [-0.2, -0.15) is 0 Å². The summed E-state index contributed by atoms with van der Waals surface area (Å²) in [4.78, 5) is 14.8. The lowest BCUT2D eigenvalue weighted by molar-refractivity contribution is 0.0697. The van der Waals surface area contributed by atoms with Gasteiger partial charge in [-0.3, -0.25) is 4.98 Å². The van der Waals surface area contributed by atoms with Gasteiger partial charge >= 0.3 is 5.97 Å². The first-order valence-electron chi connectivity index (χ1n) is 4.11. The third kappa shape index (κ3) is 1.87. The van der Waals surface area contributed by atoms with Crippen LogP contribution < -0.4 is 0 Å². The van der Waals surface area contributed by atoms with Crippen molar-refractivity contribution in [2.24, 2.45) is 0 Å². The molecular formula is C10H6FNO2S. The number of thiophene rings is 1. The first-order valence-corrected chi connectivity index (χ1v) is 4.93. The highest BCUT2D eigenvalue weighted by molar-refractivity contribution is 7.17. The molecule has 0 aliphatic heterocycles. The highest BCUT2D eigenvalue weighted by Gasteiger charge is 2.15. The summed E-state index contributed by atoms with van der Waals surface area (Å²) < 4.78 is 13.2. The molecule has 2 aromatic heterocycles. The first kappa shape index (κ1) is 9.79. The van der Waals surface area contributed by atoms with E-state index in [1.807, 2.05) is 0 Å². The van der Waals surface area contributed by atoms with E-state index in [-0.39, 0.29) is 4.88 Å². The average molecular weight is 223 g/mol. The van der Waals surface area contributed by atoms with Crippen LogP contribution in [0.1, 0.15) is 9.67 Å². The lowest BCUT2D eigenvalue weighted by Gasteiger charge is -1.92. The molecule has 0 amide bonds. The second kappa shape index (κ2) is 3.78. The molecule has 3 nitrogen and oxygen atoms in total. The fraction of sp³-hybridized carbons (Fsp3) is 0. The Morgan fingerprint density at radius 2 is 2.33 bits per heavy atom. The minimum atomic E-state index is -1.24. The van der Waals surface area contributed by atoms with Crippen LogP contribution in [0.3, 0.4) is 0 Å². The van der Waals surface area contributed by atoms with Gasteiger partial charge in [-0.25, -0.2) is 9.18 Å². The number of hydrogen-bond donors (Lipinski definition) is 1. The largest absolute Gasteiger partial charge is 0.477 e. The van der Waals surface area contributed by atoms with Crippen molar-refractivity contribution >= 4 is 17.3 Å². The van der Waals surface area contributed by atoms with Gasteiger partial charge in [0.1, 0.15) is 10.7 Å². The maximum absolute atomic E-state index is 13.2. The molecule has 0 fully saturated rings. The summed E-state index contributed by atoms with van der Waals surface area (Å²) in [7, 11) is 0. The van der Waals surface area contributed by atoms with Crippen LogP contribution >= 0.6 is 11.3 Å². The van der Waals surface area contributed by atoms with Gasteiger partial charge in [0.25, 0.3) is 0 Å². The molecule has 0 unspecified atom stereocenters. The second-order valence-corrected chi connectivity index (χ2v) is 3.89. The SMILES string of the molecule is O=C(O)c1sc(-c2cccnc2)cc1F. The van der Waals surface area contributed by atoms with Gasteiger partial charge in [0, 0.05) is 22.8 Å². The Hall–Kier alpha value is -1.75. The molecule has 0 atom stereocenters. The summed E-state index contributed by atoms with van der Waals surface area (Å²) >= 11 is 0.906. The Morgan fingerprint density at radius 3 is 2.87 bits per heavy atom. The van der Waals surface area contributed by atoms with Crippen molar-refractivity contribution in [3.63, 3.8) is 0 Å². The van der Waals surface area contributed by atoms with Crippen molar-refractivity contribution < 1.29 is 14.3 Å². The number of halogens is 1. The standard InChI is InChI=1S/C10H6FNO2S/c11-7-4-8(15-9(7)10(13)14)6-2-1-3-12-5-6/h1-5H,(H,13,14). The first-order chi connectivity index (χ1) is 7.18. The summed E-state index contributed by atoms with van der Waals surface area (Å²) in [6.45, 7) is 0. The van der Waals surface area contributed by atoms with Crippen LogP contribution in [-0.4, -0.2) is 16.1 Å². The third-order valence-corrected chi connectivity index (χ3v) is 2.97. The smallest absolute Gasteiger partial charge is 0.348 e. The molecule has 0 aliphatic carbocycles. The van der Waals surface area contributed by atoms with Crippen LogP contribution in [0.25, 0.3) is 10.4 Å². The van der Waals surface area contributed by atoms with E-state index in [4.69, 9.17) is 5.11 Å². The molecule has 15 heavy (non-hydrogen) atoms. The zero-order valence-corrected chi connectivity index (χ0v) is 8.29. The van der Waals surface area contributed by atoms with Gasteiger partial charge in [0.05, 0.1) is 0 Å². The number of carboxylic acid groups (broad SMARTS) is 1. The third-order valence-electron chi connectivity index (χ3n) is 1.83. The Kier molecular flexibility index (Phi) is 2.47. The molecule has 0 bridgehead atoms. The minimum Gasteiger partial charge on any atom is -0.477 e. The molecule has 2 heterocycles. The van der Waals surface area contributed by atoms with E-state index in [2.05, 4.69) is 4.98 Å². The summed E-state index contributed by atoms with van der Waals surface area (Å²) in [6, 6.07) is 4.68. The highest BCUT2D eigenvalue weighted by Crippen LogP contribution is 2.29. The van der Waals surface area contributed by atoms with Crippen molar-refractivity contribution in [3.05, 3.63) is 41.3 Å². The zero-order valence-electron chi connectivity index (χ0n) is 7.48. The summed E-state index contributed by atoms with van der Waals surface area (Å²) in [5.74, 6) is -1.95. The van der Waals surface area contributed by atoms with E-state index in [1.54, 1.807) is 24.5 Å². The van der Waals surface area contributed by atoms with Crippen LogP contribution in [0.5, 0.6) is 0 Å². The van der Waals surface area contributed by atoms with E-state index < -0.39 is 11.8 Å². The number of carbonyl (C=O) groups is 1. The molecule has 5 heteroatoms. The molecule has 0 saturated carbocycles. The maximum atomic E-state index is 13.2. The number of aromatic nitrogens is 1. The molecule has 0 spiro atoms. The number of nitrogens with zero attached hydrogens (tertiary/aromatic N) is 1. The van der Waals surface area contributed by atoms with Crippen molar-refractivity contribution in [2.45, 2.75) is 0 Å². The number of rotatable bonds is 2. The van der Waals surface area contributed by atoms with Gasteiger partial charge in [-0.1, -0.05) is 6.07 Å². The molecule has 0 aliphatic rings. The molecule has 2 rings (SSSR count). The van der Waals surface area contributed by atoms with E-state index in [9.17, 15) is 9.18 Å². The number of carboxylic acids is 1. The summed E-state index contributed by atoms with van der Waals surface area (Å²) in [5, 5.41) is 8.68. The Morgan fingerprint density at radius 1 is 1.53 bits per heavy atom. The molecule has 0 aromatic carbocycles. The van der Waals surface area contributed by atoms with E-state index in [1.165, 1.54) is 6.07 Å². The van der Waals surface area contributed by atoms with Crippen molar-refractivity contribution in [3.8, 4) is 10.4 Å². The van der Waals surface area contributed by atoms with E-state index in [0.29, 0.717) is 10.4 Å². The Balaban J connectivity index is 2.48. The maximum Gasteiger partial charge on any atom is 0.348 e. The topological polar surface area (TPSA) is 50.2 Å². The van der Waals surface area contributed by atoms with Crippen LogP contribution in [-0.2, 0) is 0 Å². The lowest BCUT2D eigenvalue weighted by atomic mass is 10.2. The van der Waals surface area contributed by atoms with Crippen molar-refractivity contribution in [1.82, 2.24) is 4.98 Å². The monoisotopic (exact) mass is 223 g/mol. The van der Waals surface area contributed by atoms with Gasteiger partial charge in [-0.15, -0.1) is 11.3 Å². The van der Waals surface area contributed by atoms with Crippen LogP contribution in [0.4, 0.5) is 4.39 Å². The average Bonchev–Trinajstić information content (AvgIpc) is 2.62. The predicted octanol–water partition coefficient (Wildman–Crippen LogP) is 2.65. The van der Waals surface area contributed by atoms with Gasteiger partial charge < -0.3 is 5.11 Å². The number of aromatic carboxylic acids is 1.